The fourth-order valence-electron chi connectivity index (χ4n) is 6.70. The van der Waals surface area contributed by atoms with Gasteiger partial charge >= 0.3 is 0 Å². The van der Waals surface area contributed by atoms with Gasteiger partial charge in [-0.15, -0.1) is 8.58 Å². The van der Waals surface area contributed by atoms with E-state index in [0.29, 0.717) is 28.6 Å². The van der Waals surface area contributed by atoms with Crippen LogP contribution in [0.2, 0.25) is 0 Å². The van der Waals surface area contributed by atoms with Crippen LogP contribution >= 0.6 is 8.58 Å². The van der Waals surface area contributed by atoms with E-state index in [4.69, 9.17) is 0 Å². The van der Waals surface area contributed by atoms with Gasteiger partial charge in [0.1, 0.15) is 0 Å². The zero-order valence-electron chi connectivity index (χ0n) is 21.7. The first-order valence-corrected chi connectivity index (χ1v) is 14.5. The monoisotopic (exact) mass is 454 g/mol. The molecular formula is C30H47OP. The van der Waals surface area contributed by atoms with Gasteiger partial charge in [-0.25, -0.2) is 0 Å². The van der Waals surface area contributed by atoms with Gasteiger partial charge in [-0.1, -0.05) is 82.2 Å². The molecule has 0 aromatic carbocycles. The van der Waals surface area contributed by atoms with Crippen molar-refractivity contribution in [3.8, 4) is 0 Å². The van der Waals surface area contributed by atoms with Gasteiger partial charge in [0.05, 0.1) is 6.10 Å². The molecule has 1 nitrogen and oxygen atoms in total. The fraction of sp³-hybridized carbons (Fsp3) is 0.667. The molecule has 32 heavy (non-hydrogen) atoms. The molecule has 3 rings (SSSR count). The molecular weight excluding hydrogens is 407 g/mol. The summed E-state index contributed by atoms with van der Waals surface area (Å²) in [5.41, 5.74) is 7.74. The van der Waals surface area contributed by atoms with Gasteiger partial charge in [0.25, 0.3) is 0 Å². The van der Waals surface area contributed by atoms with Crippen molar-refractivity contribution in [3.63, 3.8) is 0 Å². The van der Waals surface area contributed by atoms with Crippen molar-refractivity contribution >= 4 is 8.58 Å². The van der Waals surface area contributed by atoms with Gasteiger partial charge < -0.3 is 5.11 Å². The van der Waals surface area contributed by atoms with Crippen molar-refractivity contribution in [1.82, 2.24) is 0 Å². The zero-order valence-corrected chi connectivity index (χ0v) is 22.7. The lowest BCUT2D eigenvalue weighted by Crippen LogP contribution is -2.46. The van der Waals surface area contributed by atoms with Gasteiger partial charge in [0.2, 0.25) is 0 Å². The van der Waals surface area contributed by atoms with Crippen molar-refractivity contribution in [3.05, 3.63) is 58.7 Å². The minimum absolute atomic E-state index is 0.309. The highest BCUT2D eigenvalue weighted by Crippen LogP contribution is 2.62. The number of allylic oxidation sites excluding steroid dienone is 7. The van der Waals surface area contributed by atoms with E-state index in [1.807, 2.05) is 0 Å². The third-order valence-electron chi connectivity index (χ3n) is 8.50. The lowest BCUT2D eigenvalue weighted by molar-refractivity contribution is 0.176. The SMILES string of the molecule is C=C1/C(=C\C=C2/CCCC3(C)C([C@H](C)/C=C/[C@H](CPC)C(C)(C)C)=C(C)C23)CCCC1O. The first kappa shape index (κ1) is 25.7. The topological polar surface area (TPSA) is 20.2 Å². The summed E-state index contributed by atoms with van der Waals surface area (Å²) in [5, 5.41) is 10.2. The van der Waals surface area contributed by atoms with E-state index >= 15 is 0 Å². The van der Waals surface area contributed by atoms with Crippen LogP contribution < -0.4 is 0 Å². The molecule has 0 bridgehead atoms. The second kappa shape index (κ2) is 10.1. The lowest BCUT2D eigenvalue weighted by Gasteiger charge is -2.56. The average Bonchev–Trinajstić information content (AvgIpc) is 2.70. The van der Waals surface area contributed by atoms with Crippen molar-refractivity contribution < 1.29 is 5.11 Å². The largest absolute Gasteiger partial charge is 0.388 e. The number of fused-ring (bicyclic) bond motifs is 1. The Morgan fingerprint density at radius 3 is 2.56 bits per heavy atom. The van der Waals surface area contributed by atoms with Crippen molar-refractivity contribution in [1.29, 1.82) is 0 Å². The van der Waals surface area contributed by atoms with Crippen LogP contribution in [0.15, 0.2) is 58.7 Å². The van der Waals surface area contributed by atoms with Gasteiger partial charge in [0, 0.05) is 5.92 Å². The predicted molar refractivity (Wildman–Crippen MR) is 144 cm³/mol. The second-order valence-electron chi connectivity index (χ2n) is 11.9. The minimum atomic E-state index is -0.347. The fourth-order valence-corrected chi connectivity index (χ4v) is 7.89. The Morgan fingerprint density at radius 2 is 1.91 bits per heavy atom. The Labute approximate surface area is 200 Å². The number of aliphatic hydroxyl groups excluding tert-OH is 1. The molecule has 2 fully saturated rings. The third-order valence-corrected chi connectivity index (χ3v) is 9.35. The summed E-state index contributed by atoms with van der Waals surface area (Å²) in [5.74, 6) is 1.77. The Bertz CT molecular complexity index is 833. The summed E-state index contributed by atoms with van der Waals surface area (Å²) in [6.07, 6.45) is 17.4. The third kappa shape index (κ3) is 5.10. The molecule has 0 amide bonds. The van der Waals surface area contributed by atoms with Gasteiger partial charge in [-0.3, -0.25) is 0 Å². The Kier molecular flexibility index (Phi) is 8.15. The normalized spacial score (nSPS) is 33.9. The molecule has 0 saturated heterocycles. The molecule has 6 atom stereocenters. The Morgan fingerprint density at radius 1 is 1.19 bits per heavy atom. The Balaban J connectivity index is 1.82. The molecule has 3 aliphatic rings. The maximum Gasteiger partial charge on any atom is 0.0787 e. The molecule has 0 spiro atoms. The van der Waals surface area contributed by atoms with E-state index in [1.165, 1.54) is 31.0 Å². The number of hydrogen-bond acceptors (Lipinski definition) is 1. The van der Waals surface area contributed by atoms with E-state index in [9.17, 15) is 5.11 Å². The van der Waals surface area contributed by atoms with Crippen LogP contribution in [0.25, 0.3) is 0 Å². The van der Waals surface area contributed by atoms with Crippen molar-refractivity contribution in [2.75, 3.05) is 12.8 Å². The van der Waals surface area contributed by atoms with E-state index in [-0.39, 0.29) is 6.10 Å². The molecule has 1 N–H and O–H groups in total. The number of aliphatic hydroxyl groups is 1. The van der Waals surface area contributed by atoms with Gasteiger partial charge in [-0.2, -0.15) is 0 Å². The summed E-state index contributed by atoms with van der Waals surface area (Å²) >= 11 is 0. The van der Waals surface area contributed by atoms with E-state index in [0.717, 1.165) is 33.4 Å². The highest BCUT2D eigenvalue weighted by atomic mass is 31.1. The first-order valence-electron chi connectivity index (χ1n) is 12.8. The van der Waals surface area contributed by atoms with Crippen molar-refractivity contribution in [2.24, 2.45) is 28.6 Å². The van der Waals surface area contributed by atoms with Crippen molar-refractivity contribution in [2.45, 2.75) is 86.2 Å². The van der Waals surface area contributed by atoms with Crippen LogP contribution in [0.3, 0.4) is 0 Å². The summed E-state index contributed by atoms with van der Waals surface area (Å²) in [6, 6.07) is 0. The quantitative estimate of drug-likeness (QED) is 0.316. The molecule has 0 radical (unpaired) electrons. The van der Waals surface area contributed by atoms with Crippen LogP contribution in [-0.4, -0.2) is 24.0 Å². The van der Waals surface area contributed by atoms with Crippen LogP contribution in [0.5, 0.6) is 0 Å². The maximum absolute atomic E-state index is 10.2. The number of rotatable bonds is 6. The lowest BCUT2D eigenvalue weighted by atomic mass is 9.48. The summed E-state index contributed by atoms with van der Waals surface area (Å²) in [4.78, 5) is 0. The van der Waals surface area contributed by atoms with Gasteiger partial charge in [0.15, 0.2) is 0 Å². The molecule has 3 aliphatic carbocycles. The number of hydrogen-bond donors (Lipinski definition) is 1. The minimum Gasteiger partial charge on any atom is -0.388 e. The summed E-state index contributed by atoms with van der Waals surface area (Å²) in [6.45, 7) is 20.9. The molecule has 2 heteroatoms. The van der Waals surface area contributed by atoms with Gasteiger partial charge in [-0.05, 0) is 92.1 Å². The summed E-state index contributed by atoms with van der Waals surface area (Å²) in [7, 11) is 1.01. The molecule has 0 aromatic rings. The van der Waals surface area contributed by atoms with E-state index in [1.54, 1.807) is 16.7 Å². The van der Waals surface area contributed by atoms with Crippen LogP contribution in [0.4, 0.5) is 0 Å². The maximum atomic E-state index is 10.2. The highest BCUT2D eigenvalue weighted by molar-refractivity contribution is 7.37. The smallest absolute Gasteiger partial charge is 0.0787 e. The molecule has 2 saturated carbocycles. The summed E-state index contributed by atoms with van der Waals surface area (Å²) < 4.78 is 0. The Hall–Kier alpha value is -0.910. The molecule has 0 aromatic heterocycles. The first-order chi connectivity index (χ1) is 15.0. The standard InChI is InChI=1S/C30H47OP/c1-20(14-17-25(19-32-8)29(4,5)6)27-22(3)28-24(12-10-18-30(27,28)7)16-15-23-11-9-13-26(31)21(23)2/h14-17,20,25-26,28,31-32H,2,9-13,18-19H2,1,3-8H3/b17-14+,23-15-,24-16+/t20-,25-,26?,28?,30?/m1/s1. The molecule has 4 unspecified atom stereocenters. The van der Waals surface area contributed by atoms with E-state index < -0.39 is 0 Å². The molecule has 0 aliphatic heterocycles. The molecule has 178 valence electrons. The van der Waals surface area contributed by atoms with Crippen LogP contribution in [0, 0.1) is 28.6 Å². The average molecular weight is 455 g/mol. The second-order valence-corrected chi connectivity index (χ2v) is 13.0. The predicted octanol–water partition coefficient (Wildman–Crippen LogP) is 8.24. The van der Waals surface area contributed by atoms with Crippen LogP contribution in [0.1, 0.15) is 80.1 Å². The van der Waals surface area contributed by atoms with Crippen LogP contribution in [-0.2, 0) is 0 Å². The zero-order chi connectivity index (χ0) is 23.7. The highest BCUT2D eigenvalue weighted by Gasteiger charge is 2.52. The van der Waals surface area contributed by atoms with E-state index in [2.05, 4.69) is 79.1 Å². The molecule has 0 heterocycles.